The lowest BCUT2D eigenvalue weighted by Crippen LogP contribution is -2.35. The third kappa shape index (κ3) is 4.69. The fourth-order valence-corrected chi connectivity index (χ4v) is 3.66. The van der Waals surface area contributed by atoms with Crippen LogP contribution < -0.4 is 4.74 Å². The minimum absolute atomic E-state index is 0.0245. The van der Waals surface area contributed by atoms with Gasteiger partial charge >= 0.3 is 0 Å². The van der Waals surface area contributed by atoms with E-state index in [4.69, 9.17) is 4.74 Å². The number of benzene rings is 2. The van der Waals surface area contributed by atoms with E-state index >= 15 is 0 Å². The molecule has 1 unspecified atom stereocenters. The normalized spacial score (nSPS) is 14.8. The second-order valence-corrected chi connectivity index (χ2v) is 8.80. The molecule has 170 valence electrons. The second kappa shape index (κ2) is 8.76. The Morgan fingerprint density at radius 2 is 1.62 bits per heavy atom. The molecule has 0 bridgehead atoms. The van der Waals surface area contributed by atoms with Crippen molar-refractivity contribution in [3.05, 3.63) is 63.7 Å². The molecule has 0 spiro atoms. The summed E-state index contributed by atoms with van der Waals surface area (Å²) in [5.74, 6) is -1.54. The molecular formula is C25H28O7. The summed E-state index contributed by atoms with van der Waals surface area (Å²) in [7, 11) is 0. The molecule has 7 heteroatoms. The number of carbonyl (C=O) groups is 2. The number of phenols is 2. The summed E-state index contributed by atoms with van der Waals surface area (Å²) in [5.41, 5.74) is 0.272. The van der Waals surface area contributed by atoms with Crippen molar-refractivity contribution in [2.24, 2.45) is 0 Å². The van der Waals surface area contributed by atoms with E-state index in [0.717, 1.165) is 5.57 Å². The van der Waals surface area contributed by atoms with E-state index in [-0.39, 0.29) is 40.4 Å². The summed E-state index contributed by atoms with van der Waals surface area (Å²) in [6.07, 6.45) is 1.92. The van der Waals surface area contributed by atoms with E-state index in [0.29, 0.717) is 18.4 Å². The molecule has 0 saturated carbocycles. The van der Waals surface area contributed by atoms with Crippen LogP contribution in [-0.4, -0.2) is 50.3 Å². The molecule has 7 nitrogen and oxygen atoms in total. The zero-order valence-corrected chi connectivity index (χ0v) is 18.6. The quantitative estimate of drug-likeness (QED) is 0.415. The Bertz CT molecular complexity index is 1110. The Kier molecular flexibility index (Phi) is 6.44. The number of aliphatic hydroxyl groups is 2. The van der Waals surface area contributed by atoms with Crippen molar-refractivity contribution in [2.45, 2.75) is 52.2 Å². The molecule has 2 aromatic rings. The van der Waals surface area contributed by atoms with E-state index < -0.39 is 29.0 Å². The van der Waals surface area contributed by atoms with Gasteiger partial charge in [-0.3, -0.25) is 9.59 Å². The smallest absolute Gasteiger partial charge is 0.201 e. The lowest BCUT2D eigenvalue weighted by molar-refractivity contribution is -0.0509. The monoisotopic (exact) mass is 440 g/mol. The number of allylic oxidation sites excluding steroid dienone is 1. The SMILES string of the molecule is CC(=CCOc1cc(O)c2c(c1)C(=O)c1cc(C)cc(O)c1C2=O)CCC(O)C(C)(C)O. The van der Waals surface area contributed by atoms with Gasteiger partial charge in [-0.15, -0.1) is 0 Å². The van der Waals surface area contributed by atoms with Gasteiger partial charge in [0.05, 0.1) is 22.8 Å². The standard InChI is InChI=1S/C25H28O7/c1-13(5-6-20(28)25(3,4)31)7-8-32-15-11-17-22(19(27)12-15)24(30)21-16(23(17)29)9-14(2)10-18(21)26/h7,9-12,20,26-28,31H,5-6,8H2,1-4H3. The average molecular weight is 440 g/mol. The van der Waals surface area contributed by atoms with Crippen molar-refractivity contribution in [1.29, 1.82) is 0 Å². The van der Waals surface area contributed by atoms with Crippen LogP contribution in [0.3, 0.4) is 0 Å². The number of ether oxygens (including phenoxy) is 1. The van der Waals surface area contributed by atoms with E-state index in [1.54, 1.807) is 26.8 Å². The maximum absolute atomic E-state index is 13.0. The summed E-state index contributed by atoms with van der Waals surface area (Å²) in [6.45, 7) is 6.84. The van der Waals surface area contributed by atoms with Crippen LogP contribution >= 0.6 is 0 Å². The van der Waals surface area contributed by atoms with E-state index in [1.807, 2.05) is 6.92 Å². The number of aryl methyl sites for hydroxylation is 1. The minimum atomic E-state index is -1.17. The van der Waals surface area contributed by atoms with Crippen molar-refractivity contribution in [2.75, 3.05) is 6.61 Å². The summed E-state index contributed by atoms with van der Waals surface area (Å²) in [4.78, 5) is 25.8. The molecule has 0 aliphatic heterocycles. The van der Waals surface area contributed by atoms with Crippen molar-refractivity contribution in [1.82, 2.24) is 0 Å². The van der Waals surface area contributed by atoms with Crippen LogP contribution in [0.2, 0.25) is 0 Å². The van der Waals surface area contributed by atoms with E-state index in [1.165, 1.54) is 24.3 Å². The second-order valence-electron chi connectivity index (χ2n) is 8.80. The molecule has 0 radical (unpaired) electrons. The summed E-state index contributed by atoms with van der Waals surface area (Å²) in [6, 6.07) is 5.62. The Morgan fingerprint density at radius 1 is 1.03 bits per heavy atom. The fourth-order valence-electron chi connectivity index (χ4n) is 3.66. The lowest BCUT2D eigenvalue weighted by atomic mass is 9.82. The highest BCUT2D eigenvalue weighted by Gasteiger charge is 2.35. The molecule has 0 amide bonds. The van der Waals surface area contributed by atoms with Gasteiger partial charge in [-0.2, -0.15) is 0 Å². The van der Waals surface area contributed by atoms with Crippen molar-refractivity contribution >= 4 is 11.6 Å². The number of ketones is 2. The van der Waals surface area contributed by atoms with Gasteiger partial charge in [0, 0.05) is 17.2 Å². The van der Waals surface area contributed by atoms with Crippen molar-refractivity contribution in [3.8, 4) is 17.2 Å². The van der Waals surface area contributed by atoms with Crippen molar-refractivity contribution < 1.29 is 34.8 Å². The Balaban J connectivity index is 1.77. The van der Waals surface area contributed by atoms with Crippen LogP contribution in [0.15, 0.2) is 35.9 Å². The number of phenolic OH excluding ortho intramolecular Hbond substituents is 2. The predicted octanol–water partition coefficient (Wildman–Crippen LogP) is 3.42. The predicted molar refractivity (Wildman–Crippen MR) is 119 cm³/mol. The maximum Gasteiger partial charge on any atom is 0.201 e. The van der Waals surface area contributed by atoms with Crippen LogP contribution in [0.25, 0.3) is 0 Å². The first-order valence-corrected chi connectivity index (χ1v) is 10.4. The Hall–Kier alpha value is -3.16. The third-order valence-corrected chi connectivity index (χ3v) is 5.61. The van der Waals surface area contributed by atoms with Crippen molar-refractivity contribution in [3.63, 3.8) is 0 Å². The molecule has 2 aromatic carbocycles. The Morgan fingerprint density at radius 3 is 2.25 bits per heavy atom. The number of rotatable bonds is 7. The molecule has 0 saturated heterocycles. The van der Waals surface area contributed by atoms with Crippen LogP contribution in [0.4, 0.5) is 0 Å². The van der Waals surface area contributed by atoms with E-state index in [9.17, 15) is 30.0 Å². The first-order valence-electron chi connectivity index (χ1n) is 10.4. The topological polar surface area (TPSA) is 124 Å². The highest BCUT2D eigenvalue weighted by atomic mass is 16.5. The molecule has 1 aliphatic carbocycles. The zero-order chi connectivity index (χ0) is 23.8. The number of aromatic hydroxyl groups is 2. The average Bonchev–Trinajstić information content (AvgIpc) is 2.68. The van der Waals surface area contributed by atoms with Gasteiger partial charge in [-0.1, -0.05) is 5.57 Å². The van der Waals surface area contributed by atoms with E-state index in [2.05, 4.69) is 0 Å². The maximum atomic E-state index is 13.0. The molecule has 4 N–H and O–H groups in total. The molecule has 32 heavy (non-hydrogen) atoms. The number of aliphatic hydroxyl groups excluding tert-OH is 1. The van der Waals surface area contributed by atoms with Gasteiger partial charge in [-0.25, -0.2) is 0 Å². The van der Waals surface area contributed by atoms with Gasteiger partial charge < -0.3 is 25.2 Å². The third-order valence-electron chi connectivity index (χ3n) is 5.61. The number of fused-ring (bicyclic) bond motifs is 2. The number of hydrogen-bond donors (Lipinski definition) is 4. The van der Waals surface area contributed by atoms with Gasteiger partial charge in [0.2, 0.25) is 5.78 Å². The molecular weight excluding hydrogens is 412 g/mol. The summed E-state index contributed by atoms with van der Waals surface area (Å²) >= 11 is 0. The fraction of sp³-hybridized carbons (Fsp3) is 0.360. The van der Waals surface area contributed by atoms with Gasteiger partial charge in [0.1, 0.15) is 23.9 Å². The number of hydrogen-bond acceptors (Lipinski definition) is 7. The van der Waals surface area contributed by atoms with Gasteiger partial charge in [0.25, 0.3) is 0 Å². The summed E-state index contributed by atoms with van der Waals surface area (Å²) < 4.78 is 5.66. The zero-order valence-electron chi connectivity index (χ0n) is 18.6. The van der Waals surface area contributed by atoms with Crippen LogP contribution in [0, 0.1) is 6.92 Å². The van der Waals surface area contributed by atoms with Crippen LogP contribution in [0.5, 0.6) is 17.2 Å². The first kappa shape index (κ1) is 23.5. The van der Waals surface area contributed by atoms with Gasteiger partial charge in [0.15, 0.2) is 5.78 Å². The molecule has 1 aliphatic rings. The molecule has 0 fully saturated rings. The molecule has 0 aromatic heterocycles. The highest BCUT2D eigenvalue weighted by molar-refractivity contribution is 6.30. The first-order chi connectivity index (χ1) is 14.9. The molecule has 1 atom stereocenters. The van der Waals surface area contributed by atoms with Gasteiger partial charge in [-0.05, 0) is 70.4 Å². The summed E-state index contributed by atoms with van der Waals surface area (Å²) in [5, 5.41) is 40.3. The molecule has 0 heterocycles. The van der Waals surface area contributed by atoms with Crippen LogP contribution in [-0.2, 0) is 0 Å². The Labute approximate surface area is 186 Å². The number of carbonyl (C=O) groups excluding carboxylic acids is 2. The highest BCUT2D eigenvalue weighted by Crippen LogP contribution is 2.39. The molecule has 3 rings (SSSR count). The largest absolute Gasteiger partial charge is 0.507 e. The minimum Gasteiger partial charge on any atom is -0.507 e. The lowest BCUT2D eigenvalue weighted by Gasteiger charge is -2.24. The van der Waals surface area contributed by atoms with Crippen LogP contribution in [0.1, 0.15) is 71.0 Å².